The van der Waals surface area contributed by atoms with Gasteiger partial charge in [-0.1, -0.05) is 0 Å². The van der Waals surface area contributed by atoms with Crippen LogP contribution in [0.4, 0.5) is 11.4 Å². The number of hydrogen-bond donors (Lipinski definition) is 3. The molecule has 1 aliphatic rings. The molecule has 6 nitrogen and oxygen atoms in total. The van der Waals surface area contributed by atoms with Crippen molar-refractivity contribution in [2.24, 2.45) is 5.92 Å². The molecule has 0 bridgehead atoms. The molecule has 4 N–H and O–H groups in total. The van der Waals surface area contributed by atoms with Crippen LogP contribution in [0.5, 0.6) is 0 Å². The van der Waals surface area contributed by atoms with Crippen LogP contribution in [0.25, 0.3) is 11.1 Å². The van der Waals surface area contributed by atoms with Gasteiger partial charge in [-0.2, -0.15) is 0 Å². The molecule has 0 spiro atoms. The van der Waals surface area contributed by atoms with Crippen molar-refractivity contribution in [1.29, 1.82) is 0 Å². The van der Waals surface area contributed by atoms with Gasteiger partial charge in [0.2, 0.25) is 0 Å². The van der Waals surface area contributed by atoms with E-state index in [1.807, 2.05) is 6.07 Å². The zero-order valence-corrected chi connectivity index (χ0v) is 9.85. The average Bonchev–Trinajstić information content (AvgIpc) is 2.92. The third kappa shape index (κ3) is 1.74. The first-order valence-electron chi connectivity index (χ1n) is 5.95. The van der Waals surface area contributed by atoms with Crippen LogP contribution in [0.2, 0.25) is 0 Å². The minimum atomic E-state index is -0.476. The zero-order chi connectivity index (χ0) is 12.7. The number of aromatic nitrogens is 1. The Hall–Kier alpha value is -1.95. The number of nitrogens with one attached hydrogen (secondary N) is 1. The molecule has 6 heteroatoms. The number of anilines is 2. The smallest absolute Gasteiger partial charge is 0.408 e. The first-order chi connectivity index (χ1) is 8.67. The van der Waals surface area contributed by atoms with Gasteiger partial charge in [-0.25, -0.2) is 4.79 Å². The molecule has 1 fully saturated rings. The van der Waals surface area contributed by atoms with Gasteiger partial charge in [-0.15, -0.1) is 0 Å². The highest BCUT2D eigenvalue weighted by atomic mass is 16.4. The molecule has 2 heterocycles. The van der Waals surface area contributed by atoms with E-state index in [1.54, 1.807) is 6.07 Å². The Bertz CT molecular complexity index is 631. The fourth-order valence-electron chi connectivity index (χ4n) is 2.48. The molecule has 2 aromatic rings. The van der Waals surface area contributed by atoms with E-state index in [9.17, 15) is 4.79 Å². The first kappa shape index (κ1) is 11.2. The van der Waals surface area contributed by atoms with Gasteiger partial charge >= 0.3 is 5.76 Å². The Kier molecular flexibility index (Phi) is 2.52. The maximum atomic E-state index is 11.1. The Morgan fingerprint density at radius 2 is 2.39 bits per heavy atom. The highest BCUT2D eigenvalue weighted by Gasteiger charge is 2.23. The summed E-state index contributed by atoms with van der Waals surface area (Å²) in [5.41, 5.74) is 8.58. The highest BCUT2D eigenvalue weighted by molar-refractivity contribution is 5.85. The lowest BCUT2D eigenvalue weighted by Crippen LogP contribution is -2.21. The summed E-state index contributed by atoms with van der Waals surface area (Å²) in [5, 5.41) is 9.15. The minimum absolute atomic E-state index is 0.196. The molecular weight excluding hydrogens is 234 g/mol. The lowest BCUT2D eigenvalue weighted by atomic mass is 10.1. The first-order valence-corrected chi connectivity index (χ1v) is 5.95. The number of nitrogen functional groups attached to an aromatic ring is 1. The predicted octanol–water partition coefficient (Wildman–Crippen LogP) is 0.522. The van der Waals surface area contributed by atoms with Crippen molar-refractivity contribution >= 4 is 22.5 Å². The number of nitrogens with zero attached hydrogens (tertiary/aromatic N) is 1. The Morgan fingerprint density at radius 3 is 3.11 bits per heavy atom. The van der Waals surface area contributed by atoms with Crippen LogP contribution < -0.4 is 16.4 Å². The van der Waals surface area contributed by atoms with Gasteiger partial charge in [-0.05, 0) is 12.5 Å². The SMILES string of the molecule is Nc1cc2oc(=O)[nH]c2cc1N1CCC(CO)C1. The van der Waals surface area contributed by atoms with Crippen LogP contribution in [-0.2, 0) is 0 Å². The van der Waals surface area contributed by atoms with Crippen molar-refractivity contribution in [3.8, 4) is 0 Å². The molecule has 1 aromatic carbocycles. The number of aliphatic hydroxyl groups is 1. The van der Waals surface area contributed by atoms with Crippen LogP contribution in [0, 0.1) is 5.92 Å². The van der Waals surface area contributed by atoms with Gasteiger partial charge in [0.05, 0.1) is 16.9 Å². The molecule has 0 saturated carbocycles. The average molecular weight is 249 g/mol. The number of aliphatic hydroxyl groups excluding tert-OH is 1. The van der Waals surface area contributed by atoms with Gasteiger partial charge in [0.15, 0.2) is 5.58 Å². The molecule has 0 aliphatic carbocycles. The van der Waals surface area contributed by atoms with Crippen LogP contribution >= 0.6 is 0 Å². The summed E-state index contributed by atoms with van der Waals surface area (Å²) in [7, 11) is 0. The zero-order valence-electron chi connectivity index (χ0n) is 9.85. The summed E-state index contributed by atoms with van der Waals surface area (Å²) >= 11 is 0. The van der Waals surface area contributed by atoms with Crippen molar-refractivity contribution in [2.45, 2.75) is 6.42 Å². The van der Waals surface area contributed by atoms with E-state index in [4.69, 9.17) is 15.3 Å². The topological polar surface area (TPSA) is 95.5 Å². The van der Waals surface area contributed by atoms with E-state index in [2.05, 4.69) is 9.88 Å². The van der Waals surface area contributed by atoms with E-state index in [0.717, 1.165) is 25.2 Å². The maximum absolute atomic E-state index is 11.1. The molecule has 0 radical (unpaired) electrons. The Morgan fingerprint density at radius 1 is 1.56 bits per heavy atom. The molecule has 0 amide bonds. The molecule has 1 saturated heterocycles. The van der Waals surface area contributed by atoms with E-state index < -0.39 is 5.76 Å². The summed E-state index contributed by atoms with van der Waals surface area (Å²) in [6.07, 6.45) is 0.954. The van der Waals surface area contributed by atoms with Crippen LogP contribution in [0.1, 0.15) is 6.42 Å². The molecule has 1 aromatic heterocycles. The fraction of sp³-hybridized carbons (Fsp3) is 0.417. The van der Waals surface area contributed by atoms with Crippen LogP contribution in [0.15, 0.2) is 21.3 Å². The molecule has 1 aliphatic heterocycles. The number of nitrogens with two attached hydrogens (primary N) is 1. The summed E-state index contributed by atoms with van der Waals surface area (Å²) < 4.78 is 4.96. The molecule has 96 valence electrons. The molecule has 3 rings (SSSR count). The number of aromatic amines is 1. The number of hydrogen-bond acceptors (Lipinski definition) is 5. The minimum Gasteiger partial charge on any atom is -0.408 e. The van der Waals surface area contributed by atoms with Gasteiger partial charge in [0.1, 0.15) is 0 Å². The van der Waals surface area contributed by atoms with Crippen molar-refractivity contribution in [2.75, 3.05) is 30.3 Å². The van der Waals surface area contributed by atoms with E-state index in [1.165, 1.54) is 0 Å². The lowest BCUT2D eigenvalue weighted by molar-refractivity contribution is 0.238. The van der Waals surface area contributed by atoms with Gasteiger partial charge in [0.25, 0.3) is 0 Å². The second-order valence-electron chi connectivity index (χ2n) is 4.70. The van der Waals surface area contributed by atoms with E-state index in [0.29, 0.717) is 22.7 Å². The van der Waals surface area contributed by atoms with E-state index >= 15 is 0 Å². The summed E-state index contributed by atoms with van der Waals surface area (Å²) in [6.45, 7) is 1.85. The third-order valence-electron chi connectivity index (χ3n) is 3.45. The number of rotatable bonds is 2. The summed E-state index contributed by atoms with van der Waals surface area (Å²) in [5.74, 6) is -0.181. The second-order valence-corrected chi connectivity index (χ2v) is 4.70. The number of benzene rings is 1. The Labute approximate surface area is 103 Å². The standard InChI is InChI=1S/C12H15N3O3/c13-8-3-11-9(14-12(17)18-11)4-10(8)15-2-1-7(5-15)6-16/h3-4,7,16H,1-2,5-6,13H2,(H,14,17). The summed E-state index contributed by atoms with van der Waals surface area (Å²) in [4.78, 5) is 15.9. The quantitative estimate of drug-likeness (QED) is 0.674. The van der Waals surface area contributed by atoms with Gasteiger partial charge < -0.3 is 20.2 Å². The van der Waals surface area contributed by atoms with Gasteiger partial charge in [0, 0.05) is 31.7 Å². The van der Waals surface area contributed by atoms with Crippen LogP contribution in [0.3, 0.4) is 0 Å². The number of oxazole rings is 1. The van der Waals surface area contributed by atoms with Crippen molar-refractivity contribution in [1.82, 2.24) is 4.98 Å². The number of fused-ring (bicyclic) bond motifs is 1. The maximum Gasteiger partial charge on any atom is 0.417 e. The van der Waals surface area contributed by atoms with Crippen LogP contribution in [-0.4, -0.2) is 29.8 Å². The fourth-order valence-corrected chi connectivity index (χ4v) is 2.48. The van der Waals surface area contributed by atoms with Crippen molar-refractivity contribution in [3.63, 3.8) is 0 Å². The van der Waals surface area contributed by atoms with E-state index in [-0.39, 0.29) is 6.61 Å². The predicted molar refractivity (Wildman–Crippen MR) is 68.7 cm³/mol. The summed E-state index contributed by atoms with van der Waals surface area (Å²) in [6, 6.07) is 3.49. The van der Waals surface area contributed by atoms with Gasteiger partial charge in [-0.3, -0.25) is 4.98 Å². The monoisotopic (exact) mass is 249 g/mol. The molecule has 18 heavy (non-hydrogen) atoms. The van der Waals surface area contributed by atoms with Crippen molar-refractivity contribution < 1.29 is 9.52 Å². The normalized spacial score (nSPS) is 19.8. The Balaban J connectivity index is 2.01. The highest BCUT2D eigenvalue weighted by Crippen LogP contribution is 2.31. The molecule has 1 atom stereocenters. The van der Waals surface area contributed by atoms with Crippen molar-refractivity contribution in [3.05, 3.63) is 22.7 Å². The third-order valence-corrected chi connectivity index (χ3v) is 3.45. The lowest BCUT2D eigenvalue weighted by Gasteiger charge is -2.20. The second kappa shape index (κ2) is 4.06. The largest absolute Gasteiger partial charge is 0.417 e. The molecule has 1 unspecified atom stereocenters. The molecular formula is C12H15N3O3. The number of H-pyrrole nitrogens is 1.